The molecule has 1 aliphatic rings. The summed E-state index contributed by atoms with van der Waals surface area (Å²) in [6.45, 7) is -0.942. The van der Waals surface area contributed by atoms with E-state index in [1.54, 1.807) is 0 Å². The van der Waals surface area contributed by atoms with Crippen molar-refractivity contribution < 1.29 is 83.4 Å². The maximum Gasteiger partial charge on any atom is 0.490 e. The smallest absolute Gasteiger partial charge is 0.385 e. The molecule has 0 saturated carbocycles. The molecule has 2 aromatic heterocycles. The van der Waals surface area contributed by atoms with E-state index in [0.717, 1.165) is 17.0 Å². The van der Waals surface area contributed by atoms with E-state index in [-0.39, 0.29) is 11.1 Å². The Hall–Kier alpha value is -2.01. The Kier molecular flexibility index (Phi) is 11.9. The molecule has 260 valence electrons. The second kappa shape index (κ2) is 14.2. The van der Waals surface area contributed by atoms with Crippen LogP contribution in [0.2, 0.25) is 0 Å². The quantitative estimate of drug-likeness (QED) is 0.0977. The SMILES string of the molecule is Cc1cn([C@H]2C[C@H](OP(=O)(O)OP(=O)(O)O)[C@@H](COP(=O)(OCc3cnc(=O)[nH]c3N)OP(=O)(O)OP(=O)(O)O)O2)c(=O)[nH]c1=O. The lowest BCUT2D eigenvalue weighted by molar-refractivity contribution is -0.0459. The molecule has 26 nitrogen and oxygen atoms in total. The molecule has 0 amide bonds. The summed E-state index contributed by atoms with van der Waals surface area (Å²) in [5.74, 6) is -0.411. The molecule has 31 heteroatoms. The van der Waals surface area contributed by atoms with Gasteiger partial charge in [-0.25, -0.2) is 37.4 Å². The van der Waals surface area contributed by atoms with Crippen LogP contribution in [0.3, 0.4) is 0 Å². The second-order valence-corrected chi connectivity index (χ2v) is 16.2. The zero-order chi connectivity index (χ0) is 34.9. The van der Waals surface area contributed by atoms with Crippen molar-refractivity contribution in [2.75, 3.05) is 12.3 Å². The minimum Gasteiger partial charge on any atom is -0.385 e. The number of nitrogens with two attached hydrogens (primary N) is 1. The third-order valence-electron chi connectivity index (χ3n) is 5.23. The van der Waals surface area contributed by atoms with Crippen LogP contribution in [0.5, 0.6) is 0 Å². The number of ether oxygens (including phenoxy) is 1. The van der Waals surface area contributed by atoms with Gasteiger partial charge in [0.15, 0.2) is 0 Å². The number of aromatic amines is 2. The van der Waals surface area contributed by atoms with Crippen LogP contribution in [0.1, 0.15) is 23.8 Å². The van der Waals surface area contributed by atoms with Crippen molar-refractivity contribution in [2.45, 2.75) is 38.4 Å². The van der Waals surface area contributed by atoms with Gasteiger partial charge in [-0.3, -0.25) is 32.9 Å². The zero-order valence-electron chi connectivity index (χ0n) is 22.5. The zero-order valence-corrected chi connectivity index (χ0v) is 27.0. The number of hydrogen-bond acceptors (Lipinski definition) is 17. The lowest BCUT2D eigenvalue weighted by atomic mass is 10.2. The molecule has 3 unspecified atom stereocenters. The molecule has 2 aromatic rings. The Morgan fingerprint density at radius 2 is 1.57 bits per heavy atom. The summed E-state index contributed by atoms with van der Waals surface area (Å²) in [5.41, 5.74) is 2.53. The monoisotopic (exact) mass is 765 g/mol. The van der Waals surface area contributed by atoms with Crippen molar-refractivity contribution in [2.24, 2.45) is 0 Å². The van der Waals surface area contributed by atoms with Crippen LogP contribution in [0.15, 0.2) is 26.8 Å². The molecule has 0 bridgehead atoms. The predicted molar refractivity (Wildman–Crippen MR) is 144 cm³/mol. The topological polar surface area (TPSA) is 398 Å². The Bertz CT molecular complexity index is 1860. The van der Waals surface area contributed by atoms with Crippen LogP contribution in [0, 0.1) is 6.92 Å². The Morgan fingerprint density at radius 3 is 2.15 bits per heavy atom. The molecule has 3 heterocycles. The number of H-pyrrole nitrogens is 2. The van der Waals surface area contributed by atoms with E-state index in [0.29, 0.717) is 0 Å². The number of nitrogen functional groups attached to an aromatic ring is 1. The highest BCUT2D eigenvalue weighted by atomic mass is 31.3. The number of nitrogens with one attached hydrogen (secondary N) is 2. The summed E-state index contributed by atoms with van der Waals surface area (Å²) in [7, 11) is -28.7. The summed E-state index contributed by atoms with van der Waals surface area (Å²) in [6, 6.07) is 0. The van der Waals surface area contributed by atoms with Gasteiger partial charge in [-0.2, -0.15) is 12.9 Å². The predicted octanol–water partition coefficient (Wildman–Crippen LogP) is -1.04. The van der Waals surface area contributed by atoms with Gasteiger partial charge in [0.1, 0.15) is 24.3 Å². The number of rotatable bonds is 15. The highest BCUT2D eigenvalue weighted by Crippen LogP contribution is 2.68. The van der Waals surface area contributed by atoms with Crippen molar-refractivity contribution >= 4 is 44.9 Å². The molecule has 46 heavy (non-hydrogen) atoms. The number of aromatic nitrogens is 4. The van der Waals surface area contributed by atoms with Crippen LogP contribution >= 0.6 is 39.1 Å². The molecule has 3 rings (SSSR count). The van der Waals surface area contributed by atoms with Crippen molar-refractivity contribution in [3.05, 3.63) is 54.8 Å². The fourth-order valence-electron chi connectivity index (χ4n) is 3.48. The number of aryl methyl sites for hydroxylation is 1. The highest BCUT2D eigenvalue weighted by molar-refractivity contribution is 7.66. The average molecular weight is 765 g/mol. The minimum atomic E-state index is -6.01. The highest BCUT2D eigenvalue weighted by Gasteiger charge is 2.47. The summed E-state index contributed by atoms with van der Waals surface area (Å²) in [4.78, 5) is 98.0. The lowest BCUT2D eigenvalue weighted by Gasteiger charge is -2.24. The van der Waals surface area contributed by atoms with Crippen LogP contribution < -0.4 is 22.7 Å². The van der Waals surface area contributed by atoms with Gasteiger partial charge >= 0.3 is 50.5 Å². The first-order valence-electron chi connectivity index (χ1n) is 11.7. The molecular weight excluding hydrogens is 741 g/mol. The third kappa shape index (κ3) is 11.6. The van der Waals surface area contributed by atoms with Gasteiger partial charge in [0, 0.05) is 29.9 Å². The van der Waals surface area contributed by atoms with E-state index in [4.69, 9.17) is 43.6 Å². The van der Waals surface area contributed by atoms with Gasteiger partial charge in [0.05, 0.1) is 13.2 Å². The fraction of sp³-hybridized carbons (Fsp3) is 0.467. The van der Waals surface area contributed by atoms with Gasteiger partial charge in [0.2, 0.25) is 0 Å². The molecule has 0 aliphatic carbocycles. The fourth-order valence-corrected chi connectivity index (χ4v) is 8.82. The first-order chi connectivity index (χ1) is 20.9. The molecule has 1 fully saturated rings. The van der Waals surface area contributed by atoms with Crippen LogP contribution in [0.4, 0.5) is 5.82 Å². The van der Waals surface area contributed by atoms with Crippen molar-refractivity contribution in [1.29, 1.82) is 0 Å². The maximum atomic E-state index is 13.4. The largest absolute Gasteiger partial charge is 0.490 e. The van der Waals surface area contributed by atoms with Gasteiger partial charge in [0.25, 0.3) is 5.56 Å². The van der Waals surface area contributed by atoms with Crippen LogP contribution in [0.25, 0.3) is 0 Å². The molecule has 1 saturated heterocycles. The number of anilines is 1. The Labute approximate surface area is 253 Å². The molecule has 6 atom stereocenters. The number of hydrogen-bond donors (Lipinski definition) is 9. The molecule has 0 spiro atoms. The van der Waals surface area contributed by atoms with E-state index >= 15 is 0 Å². The minimum absolute atomic E-state index is 0.0240. The standard InChI is InChI=1S/C15H24N5O21P5/c1-7-4-20(15(23)19-13(7)21)11-2-9(38-44(30,31)39-42(24,25)26)10(37-11)6-36-46(34,41-45(32,33)40-43(27,28)29)35-5-8-3-17-14(22)18-12(8)16/h3-4,9-11H,2,5-6H2,1H3,(H,30,31)(H,32,33)(H,19,21,23)(H2,24,25,26)(H2,27,28,29)(H3,16,17,18,22)/t9-,10+,11+,46?/m0/s1. The van der Waals surface area contributed by atoms with Gasteiger partial charge in [-0.15, -0.1) is 0 Å². The van der Waals surface area contributed by atoms with Crippen LogP contribution in [-0.4, -0.2) is 67.7 Å². The van der Waals surface area contributed by atoms with E-state index in [1.807, 2.05) is 9.97 Å². The average Bonchev–Trinajstić information content (AvgIpc) is 3.22. The number of nitrogens with zero attached hydrogens (tertiary/aromatic N) is 2. The summed E-state index contributed by atoms with van der Waals surface area (Å²) < 4.78 is 92.6. The number of phosphoric acid groups is 5. The van der Waals surface area contributed by atoms with E-state index < -0.39 is 99.9 Å². The van der Waals surface area contributed by atoms with Crippen molar-refractivity contribution in [3.8, 4) is 0 Å². The normalized spacial score (nSPS) is 23.0. The maximum absolute atomic E-state index is 13.4. The van der Waals surface area contributed by atoms with Crippen LogP contribution in [-0.2, 0) is 60.7 Å². The third-order valence-corrected chi connectivity index (χ3v) is 11.7. The molecule has 0 aromatic carbocycles. The van der Waals surface area contributed by atoms with Gasteiger partial charge in [-0.05, 0) is 6.92 Å². The first-order valence-corrected chi connectivity index (χ1v) is 19.2. The summed E-state index contributed by atoms with van der Waals surface area (Å²) >= 11 is 0. The summed E-state index contributed by atoms with van der Waals surface area (Å²) in [5, 5.41) is 0. The van der Waals surface area contributed by atoms with Gasteiger partial charge < -0.3 is 39.8 Å². The molecular formula is C15H24N5O21P5. The van der Waals surface area contributed by atoms with E-state index in [1.165, 1.54) is 6.92 Å². The first kappa shape index (κ1) is 38.4. The van der Waals surface area contributed by atoms with Crippen molar-refractivity contribution in [3.63, 3.8) is 0 Å². The van der Waals surface area contributed by atoms with Crippen molar-refractivity contribution in [1.82, 2.24) is 19.5 Å². The van der Waals surface area contributed by atoms with E-state index in [2.05, 4.69) is 17.9 Å². The Balaban J connectivity index is 1.94. The Morgan fingerprint density at radius 1 is 0.957 bits per heavy atom. The molecule has 1 aliphatic heterocycles. The number of phosphoric ester groups is 2. The molecule has 0 radical (unpaired) electrons. The summed E-state index contributed by atoms with van der Waals surface area (Å²) in [6.07, 6.45) is -4.02. The van der Waals surface area contributed by atoms with E-state index in [9.17, 15) is 47.0 Å². The lowest BCUT2D eigenvalue weighted by Crippen LogP contribution is -2.33. The van der Waals surface area contributed by atoms with Gasteiger partial charge in [-0.1, -0.05) is 0 Å². The second-order valence-electron chi connectivity index (χ2n) is 8.79. The molecule has 10 N–H and O–H groups in total.